The van der Waals surface area contributed by atoms with Crippen LogP contribution in [-0.4, -0.2) is 80.8 Å². The molecule has 0 aliphatic carbocycles. The number of unbranched alkanes of at least 4 members (excludes halogenated alkanes) is 7. The van der Waals surface area contributed by atoms with Gasteiger partial charge in [0.2, 0.25) is 5.79 Å². The number of nitrogens with one attached hydrogen (secondary N) is 1. The van der Waals surface area contributed by atoms with Crippen molar-refractivity contribution in [3.8, 4) is 0 Å². The largest absolute Gasteiger partial charge is 0.440 e. The lowest BCUT2D eigenvalue weighted by atomic mass is 10.0. The minimum Gasteiger partial charge on any atom is -0.440 e. The standard InChI is InChI=1S/C26H48N2O6/c1-5-6-7-8-9-10-11-15-18-30-20-26-23(33-25(2,3)34-26)22(31-24(29)27-4)21(32-26)19-28-16-13-12-14-17-28/h21-23H,5-20H2,1-4H3,(H,27,29)/t21-,22+,23-,26-/m0/s1. The number of hydrogen-bond donors (Lipinski definition) is 1. The minimum atomic E-state index is -1.07. The van der Waals surface area contributed by atoms with E-state index in [9.17, 15) is 4.79 Å². The zero-order chi connectivity index (χ0) is 24.4. The molecule has 3 aliphatic rings. The third-order valence-electron chi connectivity index (χ3n) is 7.06. The van der Waals surface area contributed by atoms with Crippen molar-refractivity contribution in [3.05, 3.63) is 0 Å². The summed E-state index contributed by atoms with van der Waals surface area (Å²) in [5.41, 5.74) is 0. The molecule has 0 bridgehead atoms. The van der Waals surface area contributed by atoms with Crippen molar-refractivity contribution < 1.29 is 28.5 Å². The fourth-order valence-electron chi connectivity index (χ4n) is 5.38. The summed E-state index contributed by atoms with van der Waals surface area (Å²) in [6.07, 6.45) is 11.8. The molecule has 0 aromatic heterocycles. The Morgan fingerprint density at radius 3 is 2.35 bits per heavy atom. The Kier molecular flexibility index (Phi) is 10.9. The van der Waals surface area contributed by atoms with Crippen LogP contribution in [0.2, 0.25) is 0 Å². The van der Waals surface area contributed by atoms with Crippen LogP contribution in [0.5, 0.6) is 0 Å². The maximum Gasteiger partial charge on any atom is 0.407 e. The maximum atomic E-state index is 12.2. The van der Waals surface area contributed by atoms with Gasteiger partial charge in [-0.25, -0.2) is 4.79 Å². The van der Waals surface area contributed by atoms with Gasteiger partial charge in [0.25, 0.3) is 0 Å². The molecule has 34 heavy (non-hydrogen) atoms. The number of ether oxygens (including phenoxy) is 5. The lowest BCUT2D eigenvalue weighted by molar-refractivity contribution is -0.279. The van der Waals surface area contributed by atoms with Crippen molar-refractivity contribution in [1.82, 2.24) is 10.2 Å². The fourth-order valence-corrected chi connectivity index (χ4v) is 5.38. The van der Waals surface area contributed by atoms with E-state index < -0.39 is 29.9 Å². The van der Waals surface area contributed by atoms with E-state index in [0.29, 0.717) is 13.2 Å². The van der Waals surface area contributed by atoms with Crippen LogP contribution in [0.4, 0.5) is 4.79 Å². The topological polar surface area (TPSA) is 78.5 Å². The molecule has 0 spiro atoms. The van der Waals surface area contributed by atoms with Gasteiger partial charge in [0, 0.05) is 20.2 Å². The van der Waals surface area contributed by atoms with Gasteiger partial charge in [-0.2, -0.15) is 0 Å². The lowest BCUT2D eigenvalue weighted by Gasteiger charge is -2.33. The molecular weight excluding hydrogens is 436 g/mol. The zero-order valence-electron chi connectivity index (χ0n) is 21.9. The number of piperidine rings is 1. The van der Waals surface area contributed by atoms with E-state index >= 15 is 0 Å². The van der Waals surface area contributed by atoms with Gasteiger partial charge in [0.1, 0.15) is 12.7 Å². The summed E-state index contributed by atoms with van der Waals surface area (Å²) in [5, 5.41) is 2.56. The lowest BCUT2D eigenvalue weighted by Crippen LogP contribution is -2.47. The molecule has 0 aromatic rings. The molecule has 1 N–H and O–H groups in total. The van der Waals surface area contributed by atoms with E-state index in [4.69, 9.17) is 23.7 Å². The molecule has 3 saturated heterocycles. The third kappa shape index (κ3) is 7.79. The summed E-state index contributed by atoms with van der Waals surface area (Å²) < 4.78 is 30.9. The average molecular weight is 485 g/mol. The van der Waals surface area contributed by atoms with Crippen molar-refractivity contribution in [2.24, 2.45) is 0 Å². The van der Waals surface area contributed by atoms with Gasteiger partial charge < -0.3 is 33.9 Å². The first-order valence-electron chi connectivity index (χ1n) is 13.6. The zero-order valence-corrected chi connectivity index (χ0v) is 21.9. The molecule has 8 heteroatoms. The Bertz CT molecular complexity index is 612. The smallest absolute Gasteiger partial charge is 0.407 e. The monoisotopic (exact) mass is 484 g/mol. The maximum absolute atomic E-state index is 12.2. The molecule has 3 fully saturated rings. The van der Waals surface area contributed by atoms with Crippen LogP contribution in [0, 0.1) is 0 Å². The van der Waals surface area contributed by atoms with Gasteiger partial charge in [-0.05, 0) is 46.2 Å². The van der Waals surface area contributed by atoms with Gasteiger partial charge in [0.05, 0.1) is 0 Å². The van der Waals surface area contributed by atoms with E-state index in [1.54, 1.807) is 7.05 Å². The van der Waals surface area contributed by atoms with E-state index in [0.717, 1.165) is 19.5 Å². The number of hydrogen-bond acceptors (Lipinski definition) is 7. The molecule has 4 atom stereocenters. The summed E-state index contributed by atoms with van der Waals surface area (Å²) in [6, 6.07) is 0. The molecule has 0 aromatic carbocycles. The molecule has 1 amide bonds. The molecule has 0 saturated carbocycles. The molecular formula is C26H48N2O6. The highest BCUT2D eigenvalue weighted by atomic mass is 16.9. The number of nitrogens with zero attached hydrogens (tertiary/aromatic N) is 1. The van der Waals surface area contributed by atoms with Crippen molar-refractivity contribution in [1.29, 1.82) is 0 Å². The van der Waals surface area contributed by atoms with Crippen molar-refractivity contribution in [2.75, 3.05) is 39.9 Å². The van der Waals surface area contributed by atoms with Gasteiger partial charge in [-0.15, -0.1) is 0 Å². The Morgan fingerprint density at radius 1 is 1.00 bits per heavy atom. The molecule has 3 heterocycles. The van der Waals surface area contributed by atoms with Crippen LogP contribution in [0.1, 0.15) is 91.4 Å². The van der Waals surface area contributed by atoms with E-state index in [1.165, 1.54) is 64.2 Å². The number of amides is 1. The Balaban J connectivity index is 1.54. The Hall–Kier alpha value is -0.930. The Labute approximate surface area is 206 Å². The second-order valence-corrected chi connectivity index (χ2v) is 10.5. The van der Waals surface area contributed by atoms with Crippen LogP contribution >= 0.6 is 0 Å². The third-order valence-corrected chi connectivity index (χ3v) is 7.06. The van der Waals surface area contributed by atoms with Crippen molar-refractivity contribution in [3.63, 3.8) is 0 Å². The summed E-state index contributed by atoms with van der Waals surface area (Å²) in [6.45, 7) is 9.66. The number of alkyl carbamates (subject to hydrolysis) is 1. The number of carbonyl (C=O) groups excluding carboxylic acids is 1. The van der Waals surface area contributed by atoms with Crippen molar-refractivity contribution >= 4 is 6.09 Å². The van der Waals surface area contributed by atoms with E-state index in [-0.39, 0.29) is 12.7 Å². The second kappa shape index (κ2) is 13.4. The quantitative estimate of drug-likeness (QED) is 0.361. The molecule has 0 radical (unpaired) electrons. The second-order valence-electron chi connectivity index (χ2n) is 10.5. The summed E-state index contributed by atoms with van der Waals surface area (Å²) >= 11 is 0. The predicted octanol–water partition coefficient (Wildman–Crippen LogP) is 4.60. The molecule has 8 nitrogen and oxygen atoms in total. The SMILES string of the molecule is CCCCCCCCCCOC[C@@]12O[C@@H](CN3CCCCC3)[C@@H](OC(=O)NC)[C@@H]1OC(C)(C)O2. The fraction of sp³-hybridized carbons (Fsp3) is 0.962. The normalized spacial score (nSPS) is 30.9. The van der Waals surface area contributed by atoms with E-state index in [1.807, 2.05) is 13.8 Å². The molecule has 198 valence electrons. The van der Waals surface area contributed by atoms with Gasteiger partial charge >= 0.3 is 6.09 Å². The predicted molar refractivity (Wildman–Crippen MR) is 131 cm³/mol. The highest BCUT2D eigenvalue weighted by Crippen LogP contribution is 2.47. The van der Waals surface area contributed by atoms with E-state index in [2.05, 4.69) is 17.1 Å². The Morgan fingerprint density at radius 2 is 1.68 bits per heavy atom. The highest BCUT2D eigenvalue weighted by molar-refractivity contribution is 5.67. The summed E-state index contributed by atoms with van der Waals surface area (Å²) in [5.74, 6) is -1.91. The molecule has 0 unspecified atom stereocenters. The molecule has 3 rings (SSSR count). The summed E-state index contributed by atoms with van der Waals surface area (Å²) in [7, 11) is 1.56. The van der Waals surface area contributed by atoms with Crippen LogP contribution in [0.3, 0.4) is 0 Å². The highest BCUT2D eigenvalue weighted by Gasteiger charge is 2.66. The van der Waals surface area contributed by atoms with Gasteiger partial charge in [-0.1, -0.05) is 58.3 Å². The number of fused-ring (bicyclic) bond motifs is 1. The first kappa shape index (κ1) is 27.7. The number of rotatable bonds is 14. The van der Waals surface area contributed by atoms with Gasteiger partial charge in [0.15, 0.2) is 18.0 Å². The van der Waals surface area contributed by atoms with Crippen LogP contribution in [0.25, 0.3) is 0 Å². The van der Waals surface area contributed by atoms with Gasteiger partial charge in [-0.3, -0.25) is 0 Å². The number of likely N-dealkylation sites (tertiary alicyclic amines) is 1. The first-order valence-corrected chi connectivity index (χ1v) is 13.6. The van der Waals surface area contributed by atoms with Crippen LogP contribution in [0.15, 0.2) is 0 Å². The summed E-state index contributed by atoms with van der Waals surface area (Å²) in [4.78, 5) is 14.6. The minimum absolute atomic E-state index is 0.266. The molecule has 3 aliphatic heterocycles. The van der Waals surface area contributed by atoms with Crippen molar-refractivity contribution in [2.45, 2.75) is 121 Å². The van der Waals surface area contributed by atoms with Crippen LogP contribution in [-0.2, 0) is 23.7 Å². The number of carbonyl (C=O) groups is 1. The average Bonchev–Trinajstić information content (AvgIpc) is 3.22. The van der Waals surface area contributed by atoms with Crippen LogP contribution < -0.4 is 5.32 Å². The first-order chi connectivity index (χ1) is 16.4.